The number of amides is 1. The first-order chi connectivity index (χ1) is 14.8. The molecule has 11 heteroatoms. The van der Waals surface area contributed by atoms with Gasteiger partial charge in [-0.2, -0.15) is 0 Å². The van der Waals surface area contributed by atoms with Crippen molar-refractivity contribution in [2.45, 2.75) is 30.3 Å². The molecule has 0 bridgehead atoms. The summed E-state index contributed by atoms with van der Waals surface area (Å²) in [5.74, 6) is -0.241. The van der Waals surface area contributed by atoms with Gasteiger partial charge >= 0.3 is 5.63 Å². The maximum Gasteiger partial charge on any atom is 0.360 e. The highest BCUT2D eigenvalue weighted by Gasteiger charge is 2.53. The summed E-state index contributed by atoms with van der Waals surface area (Å²) in [4.78, 5) is 30.2. The van der Waals surface area contributed by atoms with Crippen molar-refractivity contribution < 1.29 is 38.8 Å². The van der Waals surface area contributed by atoms with Crippen molar-refractivity contribution in [3.8, 4) is 11.5 Å². The molecule has 0 unspecified atom stereocenters. The Labute approximate surface area is 175 Å². The fourth-order valence-electron chi connectivity index (χ4n) is 3.63. The molecule has 2 aliphatic rings. The molecular formula is C20H20N2O9. The quantitative estimate of drug-likeness (QED) is 0.383. The van der Waals surface area contributed by atoms with Crippen LogP contribution in [0.2, 0.25) is 0 Å². The molecule has 2 aromatic rings. The average Bonchev–Trinajstić information content (AvgIpc) is 2.76. The van der Waals surface area contributed by atoms with Gasteiger partial charge in [-0.1, -0.05) is 17.3 Å². The van der Waals surface area contributed by atoms with Crippen molar-refractivity contribution in [2.24, 2.45) is 5.16 Å². The molecule has 31 heavy (non-hydrogen) atoms. The highest BCUT2D eigenvalue weighted by molar-refractivity contribution is 6.43. The van der Waals surface area contributed by atoms with Crippen molar-refractivity contribution in [3.63, 3.8) is 0 Å². The van der Waals surface area contributed by atoms with E-state index in [1.165, 1.54) is 32.4 Å². The van der Waals surface area contributed by atoms with E-state index in [0.29, 0.717) is 11.1 Å². The van der Waals surface area contributed by atoms with Crippen LogP contribution in [-0.4, -0.2) is 65.1 Å². The molecule has 0 spiro atoms. The number of aliphatic hydroxyl groups excluding tert-OH is 2. The third-order valence-corrected chi connectivity index (χ3v) is 5.29. The van der Waals surface area contributed by atoms with Gasteiger partial charge in [0, 0.05) is 11.8 Å². The summed E-state index contributed by atoms with van der Waals surface area (Å²) in [5.41, 5.74) is -3.11. The number of carbonyl (C=O) groups is 1. The van der Waals surface area contributed by atoms with Gasteiger partial charge in [0.05, 0.1) is 14.2 Å². The summed E-state index contributed by atoms with van der Waals surface area (Å²) >= 11 is 0. The molecule has 164 valence electrons. The normalized spacial score (nSPS) is 27.1. The molecule has 4 atom stereocenters. The first-order valence-corrected chi connectivity index (χ1v) is 9.28. The number of oxime groups is 1. The molecule has 4 rings (SSSR count). The highest BCUT2D eigenvalue weighted by Crippen LogP contribution is 2.36. The number of benzene rings is 1. The number of hydrogen-bond donors (Lipinski definition) is 4. The Morgan fingerprint density at radius 1 is 1.26 bits per heavy atom. The smallest absolute Gasteiger partial charge is 0.360 e. The van der Waals surface area contributed by atoms with Crippen LogP contribution in [0.15, 0.2) is 44.7 Å². The molecule has 0 saturated heterocycles. The van der Waals surface area contributed by atoms with Gasteiger partial charge in [-0.25, -0.2) is 4.79 Å². The zero-order valence-corrected chi connectivity index (χ0v) is 16.6. The van der Waals surface area contributed by atoms with E-state index in [2.05, 4.69) is 10.5 Å². The fraction of sp³-hybridized carbons (Fsp3) is 0.350. The number of methoxy groups -OCH3 is 2. The molecular weight excluding hydrogens is 412 g/mol. The number of anilines is 1. The van der Waals surface area contributed by atoms with Gasteiger partial charge in [0.2, 0.25) is 5.75 Å². The van der Waals surface area contributed by atoms with E-state index in [-0.39, 0.29) is 22.7 Å². The minimum atomic E-state index is -1.96. The maximum absolute atomic E-state index is 12.7. The van der Waals surface area contributed by atoms with E-state index >= 15 is 0 Å². The molecule has 1 aliphatic carbocycles. The Hall–Kier alpha value is -3.41. The van der Waals surface area contributed by atoms with E-state index in [0.717, 1.165) is 0 Å². The van der Waals surface area contributed by atoms with Gasteiger partial charge in [-0.15, -0.1) is 0 Å². The predicted molar refractivity (Wildman–Crippen MR) is 107 cm³/mol. The second-order valence-electron chi connectivity index (χ2n) is 7.17. The van der Waals surface area contributed by atoms with E-state index < -0.39 is 41.9 Å². The Balaban J connectivity index is 1.62. The molecule has 1 aromatic carbocycles. The van der Waals surface area contributed by atoms with Crippen molar-refractivity contribution in [2.75, 3.05) is 19.5 Å². The molecule has 4 N–H and O–H groups in total. The lowest BCUT2D eigenvalue weighted by atomic mass is 9.78. The first-order valence-electron chi connectivity index (χ1n) is 9.28. The third kappa shape index (κ3) is 3.42. The van der Waals surface area contributed by atoms with Crippen molar-refractivity contribution in [1.29, 1.82) is 0 Å². The average molecular weight is 432 g/mol. The lowest BCUT2D eigenvalue weighted by molar-refractivity contribution is -0.191. The number of nitrogens with one attached hydrogen (secondary N) is 1. The largest absolute Gasteiger partial charge is 0.493 e. The predicted octanol–water partition coefficient (Wildman–Crippen LogP) is -0.0837. The second-order valence-corrected chi connectivity index (χ2v) is 7.17. The molecule has 1 aliphatic heterocycles. The van der Waals surface area contributed by atoms with Gasteiger partial charge < -0.3 is 39.4 Å². The van der Waals surface area contributed by atoms with E-state index in [1.54, 1.807) is 12.1 Å². The number of fused-ring (bicyclic) bond motifs is 2. The summed E-state index contributed by atoms with van der Waals surface area (Å²) in [7, 11) is 2.85. The van der Waals surface area contributed by atoms with Gasteiger partial charge in [-0.3, -0.25) is 4.79 Å². The lowest BCUT2D eigenvalue weighted by Crippen LogP contribution is -2.62. The third-order valence-electron chi connectivity index (χ3n) is 5.29. The standard InChI is InChI=1S/C20H20N2O9/c1-28-13-5-3-9-7-10(19(26)30-15(9)16(13)29-2)21-18(25)11-8-20(27)14(24)6-4-12(23)17(20)31-22-11/h3-7,12,14,17,23-24,27H,8H2,1-2H3,(H,21,25)/t12-,14-,17+,20+/m0/s1. The minimum absolute atomic E-state index is 0.145. The maximum atomic E-state index is 12.7. The Bertz CT molecular complexity index is 1160. The number of nitrogens with zero attached hydrogens (tertiary/aromatic N) is 1. The monoisotopic (exact) mass is 432 g/mol. The minimum Gasteiger partial charge on any atom is -0.493 e. The van der Waals surface area contributed by atoms with Crippen LogP contribution in [0.1, 0.15) is 6.42 Å². The number of hydrogen-bond acceptors (Lipinski definition) is 10. The van der Waals surface area contributed by atoms with Crippen LogP contribution in [0, 0.1) is 0 Å². The van der Waals surface area contributed by atoms with Crippen LogP contribution in [0.25, 0.3) is 11.0 Å². The summed E-state index contributed by atoms with van der Waals surface area (Å²) in [6.07, 6.45) is -1.75. The number of carbonyl (C=O) groups excluding carboxylic acids is 1. The summed E-state index contributed by atoms with van der Waals surface area (Å²) in [6.45, 7) is 0. The van der Waals surface area contributed by atoms with Crippen molar-refractivity contribution >= 4 is 28.3 Å². The van der Waals surface area contributed by atoms with Crippen molar-refractivity contribution in [3.05, 3.63) is 40.8 Å². The van der Waals surface area contributed by atoms with Gasteiger partial charge in [0.1, 0.15) is 29.2 Å². The molecule has 0 fully saturated rings. The molecule has 11 nitrogen and oxygen atoms in total. The van der Waals surface area contributed by atoms with Crippen LogP contribution in [0.3, 0.4) is 0 Å². The van der Waals surface area contributed by atoms with E-state index in [1.807, 2.05) is 0 Å². The second kappa shape index (κ2) is 7.69. The van der Waals surface area contributed by atoms with Gasteiger partial charge in [-0.05, 0) is 18.2 Å². The Kier molecular flexibility index (Phi) is 5.17. The fourth-order valence-corrected chi connectivity index (χ4v) is 3.63. The van der Waals surface area contributed by atoms with Crippen LogP contribution in [-0.2, 0) is 9.63 Å². The van der Waals surface area contributed by atoms with Crippen LogP contribution < -0.4 is 20.4 Å². The molecule has 0 saturated carbocycles. The van der Waals surface area contributed by atoms with E-state index in [4.69, 9.17) is 18.7 Å². The summed E-state index contributed by atoms with van der Waals surface area (Å²) in [5, 5.41) is 37.3. The zero-order valence-electron chi connectivity index (χ0n) is 16.6. The zero-order chi connectivity index (χ0) is 22.3. The summed E-state index contributed by atoms with van der Waals surface area (Å²) < 4.78 is 15.7. The van der Waals surface area contributed by atoms with Crippen LogP contribution in [0.5, 0.6) is 11.5 Å². The highest BCUT2D eigenvalue weighted by atomic mass is 16.7. The number of ether oxygens (including phenoxy) is 2. The Morgan fingerprint density at radius 3 is 2.74 bits per heavy atom. The summed E-state index contributed by atoms with van der Waals surface area (Å²) in [6, 6.07) is 4.63. The molecule has 1 aromatic heterocycles. The van der Waals surface area contributed by atoms with Crippen LogP contribution >= 0.6 is 0 Å². The topological polar surface area (TPSA) is 160 Å². The van der Waals surface area contributed by atoms with Crippen LogP contribution in [0.4, 0.5) is 5.69 Å². The molecule has 1 amide bonds. The van der Waals surface area contributed by atoms with Gasteiger partial charge in [0.25, 0.3) is 5.91 Å². The molecule has 0 radical (unpaired) electrons. The number of aliphatic hydroxyl groups is 3. The first kappa shape index (κ1) is 20.8. The SMILES string of the molecule is COc1ccc2cc(NC(=O)C3=NO[C@@H]4[C@@H](O)C=C[C@H](O)[C@]4(O)C3)c(=O)oc2c1OC. The van der Waals surface area contributed by atoms with E-state index in [9.17, 15) is 24.9 Å². The lowest BCUT2D eigenvalue weighted by Gasteiger charge is -2.43. The molecule has 2 heterocycles. The van der Waals surface area contributed by atoms with Gasteiger partial charge in [0.15, 0.2) is 17.4 Å². The van der Waals surface area contributed by atoms with Crippen molar-refractivity contribution in [1.82, 2.24) is 0 Å². The Morgan fingerprint density at radius 2 is 2.03 bits per heavy atom. The number of rotatable bonds is 4.